The van der Waals surface area contributed by atoms with Crippen molar-refractivity contribution in [2.75, 3.05) is 11.9 Å². The third-order valence-electron chi connectivity index (χ3n) is 4.99. The zero-order valence-corrected chi connectivity index (χ0v) is 17.9. The topological polar surface area (TPSA) is 82.5 Å². The van der Waals surface area contributed by atoms with Crippen molar-refractivity contribution in [3.05, 3.63) is 82.3 Å². The van der Waals surface area contributed by atoms with E-state index in [0.717, 1.165) is 23.4 Å². The molecule has 3 aromatic rings. The summed E-state index contributed by atoms with van der Waals surface area (Å²) >= 11 is 5.84. The van der Waals surface area contributed by atoms with Gasteiger partial charge in [0, 0.05) is 29.2 Å². The number of nitrogens with one attached hydrogen (secondary N) is 2. The van der Waals surface area contributed by atoms with E-state index in [1.54, 1.807) is 24.3 Å². The van der Waals surface area contributed by atoms with E-state index in [1.807, 2.05) is 0 Å². The molecule has 7 nitrogen and oxygen atoms in total. The van der Waals surface area contributed by atoms with Crippen molar-refractivity contribution in [1.82, 2.24) is 20.3 Å². The monoisotopic (exact) mass is 474 g/mol. The van der Waals surface area contributed by atoms with Crippen LogP contribution in [-0.2, 0) is 19.1 Å². The van der Waals surface area contributed by atoms with Gasteiger partial charge in [0.15, 0.2) is 0 Å². The van der Waals surface area contributed by atoms with Gasteiger partial charge in [0.25, 0.3) is 0 Å². The van der Waals surface area contributed by atoms with E-state index in [1.165, 1.54) is 29.6 Å². The Morgan fingerprint density at radius 3 is 2.70 bits per heavy atom. The third-order valence-corrected chi connectivity index (χ3v) is 5.24. The summed E-state index contributed by atoms with van der Waals surface area (Å²) in [6.07, 6.45) is -1.13. The van der Waals surface area contributed by atoms with Crippen LogP contribution in [0, 0.1) is 0 Å². The minimum Gasteiger partial charge on any atom is -0.340 e. The molecule has 33 heavy (non-hydrogen) atoms. The smallest absolute Gasteiger partial charge is 0.340 e. The molecule has 1 aliphatic rings. The van der Waals surface area contributed by atoms with Gasteiger partial charge in [0.2, 0.25) is 0 Å². The number of anilines is 2. The summed E-state index contributed by atoms with van der Waals surface area (Å²) in [5.74, 6) is 0.349. The van der Waals surface area contributed by atoms with Gasteiger partial charge in [-0.2, -0.15) is 18.3 Å². The number of rotatable bonds is 4. The van der Waals surface area contributed by atoms with Gasteiger partial charge >= 0.3 is 12.2 Å². The van der Waals surface area contributed by atoms with Crippen LogP contribution in [0.5, 0.6) is 0 Å². The Morgan fingerprint density at radius 2 is 1.94 bits per heavy atom. The Labute approximate surface area is 192 Å². The number of urea groups is 1. The Bertz CT molecular complexity index is 1180. The lowest BCUT2D eigenvalue weighted by Crippen LogP contribution is -2.41. The van der Waals surface area contributed by atoms with Crippen molar-refractivity contribution in [3.63, 3.8) is 0 Å². The lowest BCUT2D eigenvalue weighted by molar-refractivity contribution is -0.137. The average Bonchev–Trinajstić information content (AvgIpc) is 2.80. The van der Waals surface area contributed by atoms with Crippen molar-refractivity contribution in [2.24, 2.45) is 5.10 Å². The molecule has 4 rings (SSSR count). The van der Waals surface area contributed by atoms with Gasteiger partial charge in [-0.1, -0.05) is 29.8 Å². The normalized spacial score (nSPS) is 13.6. The molecular weight excluding hydrogens is 457 g/mol. The Kier molecular flexibility index (Phi) is 6.45. The fraction of sp³-hybridized carbons (Fsp3) is 0.182. The van der Waals surface area contributed by atoms with Crippen LogP contribution in [0.4, 0.5) is 29.5 Å². The Morgan fingerprint density at radius 1 is 1.15 bits per heavy atom. The lowest BCUT2D eigenvalue weighted by Gasteiger charge is -2.28. The van der Waals surface area contributed by atoms with Gasteiger partial charge in [-0.05, 0) is 35.9 Å². The summed E-state index contributed by atoms with van der Waals surface area (Å²) in [6, 6.07) is 11.4. The van der Waals surface area contributed by atoms with Crippen LogP contribution in [-0.4, -0.2) is 33.7 Å². The predicted molar refractivity (Wildman–Crippen MR) is 118 cm³/mol. The molecule has 2 N–H and O–H groups in total. The first-order valence-corrected chi connectivity index (χ1v) is 10.3. The van der Waals surface area contributed by atoms with E-state index < -0.39 is 17.8 Å². The van der Waals surface area contributed by atoms with Gasteiger partial charge in [-0.3, -0.25) is 0 Å². The maximum atomic E-state index is 13.0. The summed E-state index contributed by atoms with van der Waals surface area (Å²) in [7, 11) is 0. The molecule has 0 bridgehead atoms. The van der Waals surface area contributed by atoms with Crippen LogP contribution < -0.4 is 10.7 Å². The lowest BCUT2D eigenvalue weighted by atomic mass is 10.1. The minimum absolute atomic E-state index is 0.180. The zero-order valence-electron chi connectivity index (χ0n) is 17.1. The van der Waals surface area contributed by atoms with E-state index in [4.69, 9.17) is 11.6 Å². The number of hydrogen-bond acceptors (Lipinski definition) is 5. The van der Waals surface area contributed by atoms with E-state index in [-0.39, 0.29) is 12.2 Å². The Hall–Kier alpha value is -3.66. The number of hydrazone groups is 1. The van der Waals surface area contributed by atoms with Crippen LogP contribution in [0.3, 0.4) is 0 Å². The number of nitrogens with zero attached hydrogens (tertiary/aromatic N) is 4. The number of amides is 2. The molecule has 170 valence electrons. The van der Waals surface area contributed by atoms with Crippen LogP contribution in [0.15, 0.2) is 60.0 Å². The quantitative estimate of drug-likeness (QED) is 0.412. The molecule has 11 heteroatoms. The molecular formula is C22H18ClF3N6O. The number of benzene rings is 2. The maximum Gasteiger partial charge on any atom is 0.416 e. The number of aromatic nitrogens is 2. The van der Waals surface area contributed by atoms with E-state index in [2.05, 4.69) is 25.8 Å². The molecule has 2 amide bonds. The molecule has 1 aromatic heterocycles. The number of alkyl halides is 3. The standard InChI is InChI=1S/C22H18ClF3N6O/c23-16-6-4-14(5-7-16)11-29-31-21(33)32-9-8-19-18(12-32)20(28-13-27-19)30-17-3-1-2-15(10-17)22(24,25)26/h1-7,10-11,13H,8-9,12H2,(H,31,33)(H,27,28,30). The van der Waals surface area contributed by atoms with Crippen LogP contribution in [0.1, 0.15) is 22.4 Å². The van der Waals surface area contributed by atoms with Gasteiger partial charge in [0.1, 0.15) is 12.1 Å². The molecule has 1 aliphatic heterocycles. The third kappa shape index (κ3) is 5.58. The highest BCUT2D eigenvalue weighted by Crippen LogP contribution is 2.32. The highest BCUT2D eigenvalue weighted by Gasteiger charge is 2.30. The van der Waals surface area contributed by atoms with Gasteiger partial charge in [-0.25, -0.2) is 20.2 Å². The minimum atomic E-state index is -4.45. The summed E-state index contributed by atoms with van der Waals surface area (Å²) < 4.78 is 39.1. The molecule has 0 radical (unpaired) electrons. The van der Waals surface area contributed by atoms with Crippen LogP contribution >= 0.6 is 11.6 Å². The first kappa shape index (κ1) is 22.5. The molecule has 0 unspecified atom stereocenters. The number of carbonyl (C=O) groups excluding carboxylic acids is 1. The molecule has 0 saturated heterocycles. The van der Waals surface area contributed by atoms with Crippen molar-refractivity contribution >= 4 is 35.4 Å². The molecule has 2 heterocycles. The van der Waals surface area contributed by atoms with E-state index >= 15 is 0 Å². The fourth-order valence-electron chi connectivity index (χ4n) is 3.31. The van der Waals surface area contributed by atoms with Crippen LogP contribution in [0.25, 0.3) is 0 Å². The summed E-state index contributed by atoms with van der Waals surface area (Å²) in [4.78, 5) is 22.5. The zero-order chi connectivity index (χ0) is 23.4. The van der Waals surface area contributed by atoms with Crippen molar-refractivity contribution in [3.8, 4) is 0 Å². The highest BCUT2D eigenvalue weighted by atomic mass is 35.5. The van der Waals surface area contributed by atoms with Crippen molar-refractivity contribution < 1.29 is 18.0 Å². The number of carbonyl (C=O) groups is 1. The SMILES string of the molecule is O=C(NN=Cc1ccc(Cl)cc1)N1CCc2ncnc(Nc3cccc(C(F)(F)F)c3)c2C1. The summed E-state index contributed by atoms with van der Waals surface area (Å²) in [5, 5.41) is 7.48. The Balaban J connectivity index is 1.46. The number of halogens is 4. The van der Waals surface area contributed by atoms with Crippen LogP contribution in [0.2, 0.25) is 5.02 Å². The van der Waals surface area contributed by atoms with Crippen molar-refractivity contribution in [2.45, 2.75) is 19.1 Å². The van der Waals surface area contributed by atoms with Gasteiger partial charge in [-0.15, -0.1) is 0 Å². The summed E-state index contributed by atoms with van der Waals surface area (Å²) in [5.41, 5.74) is 4.08. The second-order valence-electron chi connectivity index (χ2n) is 7.25. The molecule has 0 aliphatic carbocycles. The fourth-order valence-corrected chi connectivity index (χ4v) is 3.44. The first-order valence-electron chi connectivity index (χ1n) is 9.90. The molecule has 0 spiro atoms. The van der Waals surface area contributed by atoms with E-state index in [9.17, 15) is 18.0 Å². The van der Waals surface area contributed by atoms with Gasteiger partial charge in [0.05, 0.1) is 24.0 Å². The number of hydrogen-bond donors (Lipinski definition) is 2. The largest absolute Gasteiger partial charge is 0.416 e. The predicted octanol–water partition coefficient (Wildman–Crippen LogP) is 4.99. The first-order chi connectivity index (χ1) is 15.8. The highest BCUT2D eigenvalue weighted by molar-refractivity contribution is 6.30. The molecule has 0 saturated carbocycles. The molecule has 2 aromatic carbocycles. The summed E-state index contributed by atoms with van der Waals surface area (Å²) in [6.45, 7) is 0.592. The second kappa shape index (κ2) is 9.45. The molecule has 0 atom stereocenters. The number of fused-ring (bicyclic) bond motifs is 1. The van der Waals surface area contributed by atoms with Crippen molar-refractivity contribution in [1.29, 1.82) is 0 Å². The van der Waals surface area contributed by atoms with Gasteiger partial charge < -0.3 is 10.2 Å². The second-order valence-corrected chi connectivity index (χ2v) is 7.69. The maximum absolute atomic E-state index is 13.0. The average molecular weight is 475 g/mol. The van der Waals surface area contributed by atoms with E-state index in [0.29, 0.717) is 29.4 Å². The molecule has 0 fully saturated rings.